The minimum absolute atomic E-state index is 0.00782. The molecule has 0 saturated carbocycles. The Balaban J connectivity index is 3.11. The van der Waals surface area contributed by atoms with Gasteiger partial charge in [0.2, 0.25) is 0 Å². The van der Waals surface area contributed by atoms with Gasteiger partial charge in [-0.3, -0.25) is 0 Å². The van der Waals surface area contributed by atoms with Crippen LogP contribution in [0.3, 0.4) is 0 Å². The number of hydrogen-bond donors (Lipinski definition) is 2. The van der Waals surface area contributed by atoms with Gasteiger partial charge in [-0.05, 0) is 24.6 Å². The molecular formula is C10H14FNO2. The molecule has 14 heavy (non-hydrogen) atoms. The van der Waals surface area contributed by atoms with Crippen molar-refractivity contribution in [3.8, 4) is 5.75 Å². The molecule has 0 aliphatic rings. The lowest BCUT2D eigenvalue weighted by molar-refractivity contribution is 0.179. The summed E-state index contributed by atoms with van der Waals surface area (Å²) in [6.07, 6.45) is 0. The van der Waals surface area contributed by atoms with Gasteiger partial charge in [0.25, 0.3) is 0 Å². The first-order chi connectivity index (χ1) is 6.57. The summed E-state index contributed by atoms with van der Waals surface area (Å²) in [6, 6.07) is 2.01. The van der Waals surface area contributed by atoms with Gasteiger partial charge in [0.1, 0.15) is 11.6 Å². The number of ether oxygens (including phenoxy) is 1. The van der Waals surface area contributed by atoms with Crippen molar-refractivity contribution in [1.82, 2.24) is 0 Å². The minimum atomic E-state index is -0.504. The molecule has 0 unspecified atom stereocenters. The predicted octanol–water partition coefficient (Wildman–Crippen LogP) is 1.49. The average Bonchev–Trinajstić information content (AvgIpc) is 2.13. The van der Waals surface area contributed by atoms with Crippen LogP contribution in [0.25, 0.3) is 0 Å². The van der Waals surface area contributed by atoms with Crippen molar-refractivity contribution < 1.29 is 14.2 Å². The maximum absolute atomic E-state index is 13.2. The van der Waals surface area contributed by atoms with Crippen LogP contribution in [-0.4, -0.2) is 18.8 Å². The predicted molar refractivity (Wildman–Crippen MR) is 51.6 cm³/mol. The Hall–Kier alpha value is -1.13. The maximum Gasteiger partial charge on any atom is 0.126 e. The number of rotatable bonds is 3. The smallest absolute Gasteiger partial charge is 0.126 e. The molecule has 0 spiro atoms. The normalized spacial score (nSPS) is 12.9. The first kappa shape index (κ1) is 10.9. The van der Waals surface area contributed by atoms with Crippen LogP contribution in [0.4, 0.5) is 4.39 Å². The lowest BCUT2D eigenvalue weighted by Gasteiger charge is -2.15. The van der Waals surface area contributed by atoms with E-state index < -0.39 is 6.04 Å². The molecule has 4 heteroatoms. The van der Waals surface area contributed by atoms with Gasteiger partial charge in [-0.2, -0.15) is 0 Å². The fourth-order valence-corrected chi connectivity index (χ4v) is 1.42. The Morgan fingerprint density at radius 2 is 2.21 bits per heavy atom. The summed E-state index contributed by atoms with van der Waals surface area (Å²) < 4.78 is 18.0. The van der Waals surface area contributed by atoms with E-state index in [0.29, 0.717) is 11.1 Å². The number of aromatic hydroxyl groups is 1. The summed E-state index contributed by atoms with van der Waals surface area (Å²) in [6.45, 7) is 1.83. The highest BCUT2D eigenvalue weighted by atomic mass is 19.1. The van der Waals surface area contributed by atoms with Gasteiger partial charge in [0.05, 0.1) is 12.6 Å². The Labute approximate surface area is 82.3 Å². The third kappa shape index (κ3) is 2.02. The summed E-state index contributed by atoms with van der Waals surface area (Å²) in [7, 11) is 1.51. The molecule has 0 amide bonds. The second kappa shape index (κ2) is 4.39. The van der Waals surface area contributed by atoms with Crippen molar-refractivity contribution >= 4 is 0 Å². The second-order valence-corrected chi connectivity index (χ2v) is 3.17. The molecule has 0 aromatic heterocycles. The zero-order chi connectivity index (χ0) is 10.7. The highest BCUT2D eigenvalue weighted by Crippen LogP contribution is 2.28. The zero-order valence-corrected chi connectivity index (χ0v) is 8.25. The standard InChI is InChI=1S/C10H14FNO2/c1-6-7(11)3-4-9(13)10(6)8(12)5-14-2/h3-4,8,13H,5,12H2,1-2H3/t8-/m0/s1. The van der Waals surface area contributed by atoms with Gasteiger partial charge in [-0.15, -0.1) is 0 Å². The van der Waals surface area contributed by atoms with Gasteiger partial charge in [-0.1, -0.05) is 0 Å². The Bertz CT molecular complexity index is 328. The first-order valence-electron chi connectivity index (χ1n) is 4.30. The topological polar surface area (TPSA) is 55.5 Å². The quantitative estimate of drug-likeness (QED) is 0.775. The highest BCUT2D eigenvalue weighted by molar-refractivity contribution is 5.41. The van der Waals surface area contributed by atoms with E-state index >= 15 is 0 Å². The van der Waals surface area contributed by atoms with E-state index in [1.54, 1.807) is 6.92 Å². The van der Waals surface area contributed by atoms with E-state index in [9.17, 15) is 9.50 Å². The summed E-state index contributed by atoms with van der Waals surface area (Å²) >= 11 is 0. The fourth-order valence-electron chi connectivity index (χ4n) is 1.42. The molecule has 3 nitrogen and oxygen atoms in total. The number of phenolic OH excluding ortho intramolecular Hbond substituents is 1. The largest absolute Gasteiger partial charge is 0.508 e. The summed E-state index contributed by atoms with van der Waals surface area (Å²) in [5.74, 6) is -0.363. The van der Waals surface area contributed by atoms with Gasteiger partial charge in [0.15, 0.2) is 0 Å². The molecule has 1 rings (SSSR count). The molecule has 0 radical (unpaired) electrons. The van der Waals surface area contributed by atoms with Crippen LogP contribution in [0.2, 0.25) is 0 Å². The minimum Gasteiger partial charge on any atom is -0.508 e. The molecule has 0 bridgehead atoms. The summed E-state index contributed by atoms with van der Waals surface area (Å²) in [5, 5.41) is 9.51. The van der Waals surface area contributed by atoms with Crippen molar-refractivity contribution in [3.05, 3.63) is 29.1 Å². The Kier molecular flexibility index (Phi) is 3.43. The number of phenols is 1. The Morgan fingerprint density at radius 3 is 2.79 bits per heavy atom. The van der Waals surface area contributed by atoms with Crippen LogP contribution in [0.15, 0.2) is 12.1 Å². The lowest BCUT2D eigenvalue weighted by atomic mass is 10.0. The van der Waals surface area contributed by atoms with Crippen molar-refractivity contribution in [1.29, 1.82) is 0 Å². The molecular weight excluding hydrogens is 185 g/mol. The molecule has 0 fully saturated rings. The number of nitrogens with two attached hydrogens (primary N) is 1. The molecule has 1 atom stereocenters. The highest BCUT2D eigenvalue weighted by Gasteiger charge is 2.16. The van der Waals surface area contributed by atoms with E-state index in [0.717, 1.165) is 0 Å². The molecule has 78 valence electrons. The van der Waals surface area contributed by atoms with Crippen LogP contribution in [0.1, 0.15) is 17.2 Å². The van der Waals surface area contributed by atoms with Crippen molar-refractivity contribution in [2.75, 3.05) is 13.7 Å². The first-order valence-corrected chi connectivity index (χ1v) is 4.30. The van der Waals surface area contributed by atoms with Crippen LogP contribution in [-0.2, 0) is 4.74 Å². The van der Waals surface area contributed by atoms with Crippen molar-refractivity contribution in [2.24, 2.45) is 5.73 Å². The number of halogens is 1. The molecule has 0 saturated heterocycles. The van der Waals surface area contributed by atoms with Gasteiger partial charge in [-0.25, -0.2) is 4.39 Å². The van der Waals surface area contributed by atoms with Crippen molar-refractivity contribution in [3.63, 3.8) is 0 Å². The third-order valence-electron chi connectivity index (χ3n) is 2.14. The zero-order valence-electron chi connectivity index (χ0n) is 8.25. The van der Waals surface area contributed by atoms with Gasteiger partial charge in [0, 0.05) is 12.7 Å². The van der Waals surface area contributed by atoms with Crippen LogP contribution in [0.5, 0.6) is 5.75 Å². The van der Waals surface area contributed by atoms with E-state index in [1.165, 1.54) is 19.2 Å². The van der Waals surface area contributed by atoms with Crippen LogP contribution in [0, 0.1) is 12.7 Å². The molecule has 1 aromatic rings. The number of benzene rings is 1. The SMILES string of the molecule is COC[C@H](N)c1c(O)ccc(F)c1C. The van der Waals surface area contributed by atoms with E-state index in [-0.39, 0.29) is 18.2 Å². The lowest BCUT2D eigenvalue weighted by Crippen LogP contribution is -2.18. The third-order valence-corrected chi connectivity index (χ3v) is 2.14. The monoisotopic (exact) mass is 199 g/mol. The molecule has 0 aliphatic carbocycles. The Morgan fingerprint density at radius 1 is 1.57 bits per heavy atom. The van der Waals surface area contributed by atoms with Gasteiger partial charge < -0.3 is 15.6 Å². The molecule has 0 aliphatic heterocycles. The van der Waals surface area contributed by atoms with Gasteiger partial charge >= 0.3 is 0 Å². The fraction of sp³-hybridized carbons (Fsp3) is 0.400. The van der Waals surface area contributed by atoms with E-state index in [4.69, 9.17) is 10.5 Å². The molecule has 0 heterocycles. The van der Waals surface area contributed by atoms with Crippen LogP contribution >= 0.6 is 0 Å². The van der Waals surface area contributed by atoms with Crippen LogP contribution < -0.4 is 5.73 Å². The number of methoxy groups -OCH3 is 1. The van der Waals surface area contributed by atoms with E-state index in [2.05, 4.69) is 0 Å². The van der Waals surface area contributed by atoms with Crippen molar-refractivity contribution in [2.45, 2.75) is 13.0 Å². The number of hydrogen-bond acceptors (Lipinski definition) is 3. The molecule has 1 aromatic carbocycles. The molecule has 3 N–H and O–H groups in total. The maximum atomic E-state index is 13.2. The summed E-state index contributed by atoms with van der Waals surface area (Å²) in [5.41, 5.74) is 6.50. The summed E-state index contributed by atoms with van der Waals surface area (Å²) in [4.78, 5) is 0. The van der Waals surface area contributed by atoms with E-state index in [1.807, 2.05) is 0 Å². The second-order valence-electron chi connectivity index (χ2n) is 3.17. The average molecular weight is 199 g/mol.